The Labute approximate surface area is 95.5 Å². The van der Waals surface area contributed by atoms with Crippen LogP contribution in [0.4, 0.5) is 0 Å². The summed E-state index contributed by atoms with van der Waals surface area (Å²) in [4.78, 5) is 10.2. The lowest BCUT2D eigenvalue weighted by Gasteiger charge is -2.11. The van der Waals surface area contributed by atoms with Crippen molar-refractivity contribution in [1.29, 1.82) is 0 Å². The van der Waals surface area contributed by atoms with Crippen molar-refractivity contribution >= 4 is 6.29 Å². The molecular weight excluding hydrogens is 208 g/mol. The molecule has 0 atom stereocenters. The van der Waals surface area contributed by atoms with Gasteiger partial charge in [0.05, 0.1) is 0 Å². The van der Waals surface area contributed by atoms with E-state index in [9.17, 15) is 4.79 Å². The Morgan fingerprint density at radius 3 is 2.44 bits per heavy atom. The molecule has 16 heavy (non-hydrogen) atoms. The molecule has 0 fully saturated rings. The van der Waals surface area contributed by atoms with Crippen LogP contribution in [0.2, 0.25) is 0 Å². The van der Waals surface area contributed by atoms with Gasteiger partial charge in [-0.1, -0.05) is 0 Å². The molecule has 1 aromatic heterocycles. The Kier molecular flexibility index (Phi) is 5.82. The maximum atomic E-state index is 10.2. The van der Waals surface area contributed by atoms with Gasteiger partial charge in [-0.05, 0) is 12.1 Å². The second-order valence-corrected chi connectivity index (χ2v) is 3.51. The summed E-state index contributed by atoms with van der Waals surface area (Å²) in [5.74, 6) is 1.76. The van der Waals surface area contributed by atoms with E-state index in [1.165, 1.54) is 0 Å². The van der Waals surface area contributed by atoms with Gasteiger partial charge in [-0.15, -0.1) is 0 Å². The van der Waals surface area contributed by atoms with Crippen LogP contribution in [-0.4, -0.2) is 26.8 Å². The summed E-state index contributed by atoms with van der Waals surface area (Å²) in [6.07, 6.45) is 3.41. The number of aldehydes is 1. The highest BCUT2D eigenvalue weighted by molar-refractivity contribution is 5.49. The molecule has 0 aliphatic rings. The van der Waals surface area contributed by atoms with Crippen LogP contribution in [0.3, 0.4) is 0 Å². The predicted molar refractivity (Wildman–Crippen MR) is 59.2 cm³/mol. The van der Waals surface area contributed by atoms with Crippen molar-refractivity contribution in [3.8, 4) is 0 Å². The van der Waals surface area contributed by atoms with E-state index in [-0.39, 0.29) is 6.29 Å². The number of ether oxygens (including phenoxy) is 2. The van der Waals surface area contributed by atoms with Crippen molar-refractivity contribution < 1.29 is 18.7 Å². The highest BCUT2D eigenvalue weighted by Crippen LogP contribution is 2.13. The third-order valence-corrected chi connectivity index (χ3v) is 2.38. The van der Waals surface area contributed by atoms with E-state index < -0.39 is 0 Å². The number of methoxy groups -OCH3 is 2. The van der Waals surface area contributed by atoms with Crippen LogP contribution in [-0.2, 0) is 27.1 Å². The van der Waals surface area contributed by atoms with Crippen LogP contribution in [0.25, 0.3) is 0 Å². The first-order valence-electron chi connectivity index (χ1n) is 5.37. The van der Waals surface area contributed by atoms with Crippen molar-refractivity contribution in [1.82, 2.24) is 0 Å². The summed E-state index contributed by atoms with van der Waals surface area (Å²) < 4.78 is 15.7. The second-order valence-electron chi connectivity index (χ2n) is 3.51. The molecule has 0 aliphatic carbocycles. The number of rotatable bonds is 8. The van der Waals surface area contributed by atoms with Gasteiger partial charge in [-0.3, -0.25) is 0 Å². The minimum Gasteiger partial charge on any atom is -0.466 e. The van der Waals surface area contributed by atoms with Crippen LogP contribution < -0.4 is 0 Å². The Bertz CT molecular complexity index is 302. The van der Waals surface area contributed by atoms with Crippen molar-refractivity contribution in [3.05, 3.63) is 23.7 Å². The van der Waals surface area contributed by atoms with Crippen LogP contribution >= 0.6 is 0 Å². The maximum Gasteiger partial charge on any atom is 0.157 e. The molecule has 0 N–H and O–H groups in total. The predicted octanol–water partition coefficient (Wildman–Crippen LogP) is 1.96. The summed E-state index contributed by atoms with van der Waals surface area (Å²) in [5, 5.41) is 0. The fourth-order valence-corrected chi connectivity index (χ4v) is 1.48. The second kappa shape index (κ2) is 7.19. The third-order valence-electron chi connectivity index (χ3n) is 2.38. The molecule has 4 nitrogen and oxygen atoms in total. The quantitative estimate of drug-likeness (QED) is 0.502. The first kappa shape index (κ1) is 12.9. The molecule has 0 radical (unpaired) electrons. The topological polar surface area (TPSA) is 48.7 Å². The van der Waals surface area contributed by atoms with Gasteiger partial charge in [0.15, 0.2) is 6.29 Å². The number of furan rings is 1. The SMILES string of the molecule is COC(CCc1ccc(CCC=O)o1)OC. The minimum atomic E-state index is -0.191. The van der Waals surface area contributed by atoms with E-state index in [4.69, 9.17) is 13.9 Å². The molecule has 0 aliphatic heterocycles. The molecule has 0 spiro atoms. The van der Waals surface area contributed by atoms with Gasteiger partial charge in [0.1, 0.15) is 17.8 Å². The standard InChI is InChI=1S/C12H18O4/c1-14-12(15-2)8-7-11-6-5-10(16-11)4-3-9-13/h5-6,9,12H,3-4,7-8H2,1-2H3. The van der Waals surface area contributed by atoms with E-state index in [1.807, 2.05) is 12.1 Å². The molecule has 0 bridgehead atoms. The monoisotopic (exact) mass is 226 g/mol. The number of hydrogen-bond acceptors (Lipinski definition) is 4. The van der Waals surface area contributed by atoms with E-state index >= 15 is 0 Å². The molecule has 1 rings (SSSR count). The number of aryl methyl sites for hydroxylation is 2. The molecule has 0 amide bonds. The lowest BCUT2D eigenvalue weighted by molar-refractivity contribution is -0.107. The normalized spacial score (nSPS) is 10.9. The molecule has 0 saturated carbocycles. The smallest absolute Gasteiger partial charge is 0.157 e. The van der Waals surface area contributed by atoms with Gasteiger partial charge in [0.25, 0.3) is 0 Å². The number of hydrogen-bond donors (Lipinski definition) is 0. The van der Waals surface area contributed by atoms with Gasteiger partial charge in [-0.25, -0.2) is 0 Å². The summed E-state index contributed by atoms with van der Waals surface area (Å²) >= 11 is 0. The van der Waals surface area contributed by atoms with Crippen LogP contribution in [0, 0.1) is 0 Å². The van der Waals surface area contributed by atoms with Crippen molar-refractivity contribution in [2.75, 3.05) is 14.2 Å². The maximum absolute atomic E-state index is 10.2. The van der Waals surface area contributed by atoms with Crippen molar-refractivity contribution in [2.24, 2.45) is 0 Å². The van der Waals surface area contributed by atoms with E-state index in [0.717, 1.165) is 30.6 Å². The van der Waals surface area contributed by atoms with Crippen LogP contribution in [0.1, 0.15) is 24.4 Å². The average Bonchev–Trinajstić information content (AvgIpc) is 2.76. The molecule has 4 heteroatoms. The molecule has 1 heterocycles. The van der Waals surface area contributed by atoms with Gasteiger partial charge >= 0.3 is 0 Å². The Balaban J connectivity index is 2.36. The van der Waals surface area contributed by atoms with E-state index in [1.54, 1.807) is 14.2 Å². The number of carbonyl (C=O) groups excluding carboxylic acids is 1. The summed E-state index contributed by atoms with van der Waals surface area (Å²) in [5.41, 5.74) is 0. The third kappa shape index (κ3) is 4.16. The molecule has 0 saturated heterocycles. The summed E-state index contributed by atoms with van der Waals surface area (Å²) in [7, 11) is 3.23. The Hall–Kier alpha value is -1.13. The average molecular weight is 226 g/mol. The first-order valence-corrected chi connectivity index (χ1v) is 5.37. The Morgan fingerprint density at radius 2 is 1.88 bits per heavy atom. The molecule has 1 aromatic rings. The van der Waals surface area contributed by atoms with Gasteiger partial charge in [-0.2, -0.15) is 0 Å². The molecule has 0 unspecified atom stereocenters. The number of carbonyl (C=O) groups is 1. The zero-order valence-electron chi connectivity index (χ0n) is 9.77. The lowest BCUT2D eigenvalue weighted by Crippen LogP contribution is -2.13. The van der Waals surface area contributed by atoms with E-state index in [2.05, 4.69) is 0 Å². The lowest BCUT2D eigenvalue weighted by atomic mass is 10.2. The van der Waals surface area contributed by atoms with Gasteiger partial charge in [0, 0.05) is 39.9 Å². The van der Waals surface area contributed by atoms with E-state index in [0.29, 0.717) is 12.8 Å². The van der Waals surface area contributed by atoms with Crippen molar-refractivity contribution in [3.63, 3.8) is 0 Å². The first-order chi connectivity index (χ1) is 7.80. The van der Waals surface area contributed by atoms with Crippen LogP contribution in [0.15, 0.2) is 16.5 Å². The highest BCUT2D eigenvalue weighted by Gasteiger charge is 2.08. The van der Waals surface area contributed by atoms with Crippen molar-refractivity contribution in [2.45, 2.75) is 32.0 Å². The van der Waals surface area contributed by atoms with Gasteiger partial charge in [0.2, 0.25) is 0 Å². The summed E-state index contributed by atoms with van der Waals surface area (Å²) in [6, 6.07) is 3.84. The highest BCUT2D eigenvalue weighted by atomic mass is 16.7. The van der Waals surface area contributed by atoms with Gasteiger partial charge < -0.3 is 18.7 Å². The van der Waals surface area contributed by atoms with Crippen LogP contribution in [0.5, 0.6) is 0 Å². The minimum absolute atomic E-state index is 0.191. The zero-order chi connectivity index (χ0) is 11.8. The fourth-order valence-electron chi connectivity index (χ4n) is 1.48. The molecule has 90 valence electrons. The largest absolute Gasteiger partial charge is 0.466 e. The fraction of sp³-hybridized carbons (Fsp3) is 0.583. The molecular formula is C12H18O4. The Morgan fingerprint density at radius 1 is 1.25 bits per heavy atom. The summed E-state index contributed by atoms with van der Waals surface area (Å²) in [6.45, 7) is 0. The molecule has 0 aromatic carbocycles. The zero-order valence-corrected chi connectivity index (χ0v) is 9.77.